The molecule has 0 bridgehead atoms. The Bertz CT molecular complexity index is 2160. The van der Waals surface area contributed by atoms with Gasteiger partial charge in [-0.25, -0.2) is 9.79 Å². The maximum Gasteiger partial charge on any atom is 0.338 e. The predicted molar refractivity (Wildman–Crippen MR) is 184 cm³/mol. The van der Waals surface area contributed by atoms with Gasteiger partial charge in [-0.15, -0.1) is 0 Å². The molecule has 1 atom stereocenters. The number of carbonyl (C=O) groups excluding carboxylic acids is 1. The van der Waals surface area contributed by atoms with Crippen molar-refractivity contribution < 1.29 is 33.6 Å². The molecule has 48 heavy (non-hydrogen) atoms. The first-order valence-electron chi connectivity index (χ1n) is 14.4. The molecule has 0 amide bonds. The fraction of sp³-hybridized carbons (Fsp3) is 0.219. The zero-order valence-corrected chi connectivity index (χ0v) is 28.9. The van der Waals surface area contributed by atoms with Crippen molar-refractivity contribution in [3.8, 4) is 23.0 Å². The standard InChI is InChI=1S/C32H27IN4O10S/c1-5-45-21-10-7-19(8-11-21)28-27(31(39)46-6-2)17(3)34-32-35(28)30(38)26(48-32)15-18-13-22(33)29(25(14-18)44-4)47-24-12-9-20(36(40)41)16-23(24)37(42)43/h7-16,28H,5-6H2,1-4H3/b26-15-/t28-/m0/s1. The highest BCUT2D eigenvalue weighted by molar-refractivity contribution is 14.1. The van der Waals surface area contributed by atoms with Gasteiger partial charge in [0.05, 0.1) is 61.7 Å². The van der Waals surface area contributed by atoms with Crippen molar-refractivity contribution >= 4 is 57.3 Å². The molecule has 14 nitrogen and oxygen atoms in total. The Balaban J connectivity index is 1.60. The van der Waals surface area contributed by atoms with E-state index in [4.69, 9.17) is 18.9 Å². The number of fused-ring (bicyclic) bond motifs is 1. The van der Waals surface area contributed by atoms with Crippen molar-refractivity contribution in [2.75, 3.05) is 20.3 Å². The number of aromatic nitrogens is 1. The molecule has 3 aromatic carbocycles. The van der Waals surface area contributed by atoms with E-state index in [-0.39, 0.29) is 35.0 Å². The van der Waals surface area contributed by atoms with Crippen LogP contribution in [0.2, 0.25) is 0 Å². The van der Waals surface area contributed by atoms with Crippen LogP contribution in [-0.2, 0) is 9.53 Å². The lowest BCUT2D eigenvalue weighted by molar-refractivity contribution is -0.394. The van der Waals surface area contributed by atoms with Gasteiger partial charge in [0.1, 0.15) is 5.75 Å². The van der Waals surface area contributed by atoms with Gasteiger partial charge in [-0.2, -0.15) is 0 Å². The lowest BCUT2D eigenvalue weighted by Gasteiger charge is -2.24. The van der Waals surface area contributed by atoms with Crippen LogP contribution in [0, 0.1) is 23.8 Å². The van der Waals surface area contributed by atoms with E-state index in [0.717, 1.165) is 29.5 Å². The van der Waals surface area contributed by atoms with Gasteiger partial charge in [0.15, 0.2) is 16.3 Å². The zero-order valence-electron chi connectivity index (χ0n) is 25.9. The Labute approximate surface area is 290 Å². The molecule has 0 fully saturated rings. The van der Waals surface area contributed by atoms with Crippen LogP contribution in [-0.4, -0.2) is 40.7 Å². The van der Waals surface area contributed by atoms with Crippen LogP contribution in [0.3, 0.4) is 0 Å². The number of nitro groups is 2. The molecule has 0 saturated carbocycles. The molecule has 0 spiro atoms. The van der Waals surface area contributed by atoms with Gasteiger partial charge in [-0.05, 0) is 90.9 Å². The number of nitro benzene ring substituents is 2. The summed E-state index contributed by atoms with van der Waals surface area (Å²) in [6.07, 6.45) is 1.64. The number of hydrogen-bond acceptors (Lipinski definition) is 12. The molecule has 1 aliphatic rings. The van der Waals surface area contributed by atoms with Gasteiger partial charge in [0.2, 0.25) is 5.75 Å². The van der Waals surface area contributed by atoms with E-state index in [9.17, 15) is 29.8 Å². The highest BCUT2D eigenvalue weighted by atomic mass is 127. The highest BCUT2D eigenvalue weighted by Crippen LogP contribution is 2.41. The van der Waals surface area contributed by atoms with Crippen LogP contribution in [0.25, 0.3) is 6.08 Å². The van der Waals surface area contributed by atoms with E-state index in [1.165, 1.54) is 11.7 Å². The van der Waals surface area contributed by atoms with Crippen LogP contribution in [0.4, 0.5) is 11.4 Å². The third-order valence-electron chi connectivity index (χ3n) is 7.14. The first-order valence-corrected chi connectivity index (χ1v) is 16.3. The first-order chi connectivity index (χ1) is 23.0. The fourth-order valence-electron chi connectivity index (χ4n) is 5.05. The minimum absolute atomic E-state index is 0.138. The second-order valence-electron chi connectivity index (χ2n) is 10.1. The molecule has 1 aromatic heterocycles. The Morgan fingerprint density at radius 1 is 1.04 bits per heavy atom. The van der Waals surface area contributed by atoms with Crippen molar-refractivity contribution in [2.24, 2.45) is 4.99 Å². The first kappa shape index (κ1) is 34.2. The minimum atomic E-state index is -0.805. The number of ether oxygens (including phenoxy) is 4. The number of rotatable bonds is 11. The monoisotopic (exact) mass is 786 g/mol. The lowest BCUT2D eigenvalue weighted by atomic mass is 9.96. The van der Waals surface area contributed by atoms with Crippen LogP contribution >= 0.6 is 33.9 Å². The van der Waals surface area contributed by atoms with Crippen molar-refractivity contribution in [3.63, 3.8) is 0 Å². The Hall–Kier alpha value is -5.10. The van der Waals surface area contributed by atoms with E-state index in [1.807, 2.05) is 29.5 Å². The number of benzene rings is 3. The van der Waals surface area contributed by atoms with E-state index in [2.05, 4.69) is 4.99 Å². The smallest absolute Gasteiger partial charge is 0.338 e. The maximum absolute atomic E-state index is 14.0. The molecule has 0 radical (unpaired) electrons. The lowest BCUT2D eigenvalue weighted by Crippen LogP contribution is -2.39. The minimum Gasteiger partial charge on any atom is -0.494 e. The van der Waals surface area contributed by atoms with Crippen molar-refractivity contribution in [1.82, 2.24) is 4.57 Å². The molecule has 248 valence electrons. The van der Waals surface area contributed by atoms with Gasteiger partial charge < -0.3 is 18.9 Å². The largest absolute Gasteiger partial charge is 0.494 e. The molecule has 1 aliphatic heterocycles. The van der Waals surface area contributed by atoms with Gasteiger partial charge in [-0.1, -0.05) is 23.5 Å². The van der Waals surface area contributed by atoms with E-state index in [0.29, 0.717) is 42.1 Å². The van der Waals surface area contributed by atoms with Crippen LogP contribution in [0.1, 0.15) is 37.9 Å². The fourth-order valence-corrected chi connectivity index (χ4v) is 6.83. The van der Waals surface area contributed by atoms with Crippen LogP contribution in [0.15, 0.2) is 75.7 Å². The SMILES string of the molecule is CCOC(=O)C1=C(C)N=c2s/c(=C\c3cc(I)c(Oc4ccc([N+](=O)[O-])cc4[N+](=O)[O-])c(OC)c3)c(=O)n2[C@H]1c1ccc(OCC)cc1. The third-order valence-corrected chi connectivity index (χ3v) is 8.92. The summed E-state index contributed by atoms with van der Waals surface area (Å²) >= 11 is 3.11. The normalized spacial score (nSPS) is 14.2. The average Bonchev–Trinajstić information content (AvgIpc) is 3.35. The number of non-ortho nitro benzene ring substituents is 1. The number of methoxy groups -OCH3 is 1. The summed E-state index contributed by atoms with van der Waals surface area (Å²) in [7, 11) is 1.39. The summed E-state index contributed by atoms with van der Waals surface area (Å²) in [4.78, 5) is 53.5. The Kier molecular flexibility index (Phi) is 10.2. The summed E-state index contributed by atoms with van der Waals surface area (Å²) in [6.45, 7) is 5.91. The zero-order chi connectivity index (χ0) is 34.7. The van der Waals surface area contributed by atoms with Gasteiger partial charge >= 0.3 is 11.7 Å². The average molecular weight is 787 g/mol. The summed E-state index contributed by atoms with van der Waals surface area (Å²) in [6, 6.07) is 12.7. The van der Waals surface area contributed by atoms with Gasteiger partial charge in [0, 0.05) is 6.07 Å². The van der Waals surface area contributed by atoms with E-state index >= 15 is 0 Å². The molecule has 0 N–H and O–H groups in total. The van der Waals surface area contributed by atoms with Gasteiger partial charge in [-0.3, -0.25) is 29.6 Å². The number of halogens is 1. The Morgan fingerprint density at radius 3 is 2.40 bits per heavy atom. The predicted octanol–water partition coefficient (Wildman–Crippen LogP) is 5.42. The molecular formula is C32H27IN4O10S. The van der Waals surface area contributed by atoms with E-state index in [1.54, 1.807) is 56.3 Å². The number of carbonyl (C=O) groups is 1. The molecule has 16 heteroatoms. The second kappa shape index (κ2) is 14.3. The van der Waals surface area contributed by atoms with E-state index < -0.39 is 33.2 Å². The number of hydrogen-bond donors (Lipinski definition) is 0. The van der Waals surface area contributed by atoms with Crippen LogP contribution in [0.5, 0.6) is 23.0 Å². The summed E-state index contributed by atoms with van der Waals surface area (Å²) in [5.74, 6) is 0.186. The number of thiazole rings is 1. The van der Waals surface area contributed by atoms with Crippen molar-refractivity contribution in [1.29, 1.82) is 0 Å². The molecule has 0 saturated heterocycles. The number of esters is 1. The number of nitrogens with zero attached hydrogens (tertiary/aromatic N) is 4. The van der Waals surface area contributed by atoms with Crippen molar-refractivity contribution in [2.45, 2.75) is 26.8 Å². The molecule has 0 aliphatic carbocycles. The van der Waals surface area contributed by atoms with Gasteiger partial charge in [0.25, 0.3) is 11.2 Å². The summed E-state index contributed by atoms with van der Waals surface area (Å²) < 4.78 is 24.6. The summed E-state index contributed by atoms with van der Waals surface area (Å²) in [5, 5.41) is 22.8. The second-order valence-corrected chi connectivity index (χ2v) is 12.3. The summed E-state index contributed by atoms with van der Waals surface area (Å²) in [5.41, 5.74) is 0.458. The maximum atomic E-state index is 14.0. The Morgan fingerprint density at radius 2 is 1.77 bits per heavy atom. The third kappa shape index (κ3) is 6.79. The highest BCUT2D eigenvalue weighted by Gasteiger charge is 2.33. The quantitative estimate of drug-likeness (QED) is 0.0827. The topological polar surface area (TPSA) is 175 Å². The molecule has 4 aromatic rings. The molecule has 5 rings (SSSR count). The molecule has 0 unspecified atom stereocenters. The molecular weight excluding hydrogens is 759 g/mol. The number of allylic oxidation sites excluding steroid dienone is 1. The van der Waals surface area contributed by atoms with Crippen LogP contribution < -0.4 is 29.1 Å². The molecule has 2 heterocycles. The van der Waals surface area contributed by atoms with Crippen molar-refractivity contribution in [3.05, 3.63) is 120 Å².